The topological polar surface area (TPSA) is 111 Å². The molecule has 9 heteroatoms. The predicted octanol–water partition coefficient (Wildman–Crippen LogP) is 3.12. The Balaban J connectivity index is 1.59. The lowest BCUT2D eigenvalue weighted by atomic mass is 10.2. The minimum absolute atomic E-state index is 0.0673. The molecule has 1 fully saturated rings. The lowest BCUT2D eigenvalue weighted by molar-refractivity contribution is 0.100. The maximum Gasteiger partial charge on any atom is 0.254 e. The van der Waals surface area contributed by atoms with Gasteiger partial charge in [0.05, 0.1) is 17.6 Å². The van der Waals surface area contributed by atoms with Crippen molar-refractivity contribution in [2.24, 2.45) is 11.7 Å². The van der Waals surface area contributed by atoms with Crippen molar-refractivity contribution in [3.63, 3.8) is 0 Å². The van der Waals surface area contributed by atoms with Crippen LogP contribution in [0.25, 0.3) is 0 Å². The highest BCUT2D eigenvalue weighted by Crippen LogP contribution is 2.31. The van der Waals surface area contributed by atoms with Gasteiger partial charge in [-0.3, -0.25) is 9.48 Å². The summed E-state index contributed by atoms with van der Waals surface area (Å²) in [7, 11) is 0. The number of aryl methyl sites for hydroxylation is 1. The van der Waals surface area contributed by atoms with Crippen molar-refractivity contribution < 1.29 is 9.18 Å². The number of para-hydroxylation sites is 1. The SMILES string of the molecule is Cc1cccc(F)c1Nc1nc(Nc2cnn(CC3CC3)c2)ncc1C(N)=O. The van der Waals surface area contributed by atoms with E-state index in [1.807, 2.05) is 10.9 Å². The van der Waals surface area contributed by atoms with Crippen molar-refractivity contribution in [1.29, 1.82) is 0 Å². The van der Waals surface area contributed by atoms with Crippen LogP contribution in [-0.4, -0.2) is 25.7 Å². The maximum atomic E-state index is 14.2. The van der Waals surface area contributed by atoms with E-state index in [2.05, 4.69) is 25.7 Å². The Hall–Kier alpha value is -3.49. The standard InChI is InChI=1S/C19H20FN7O/c1-11-3-2-4-15(20)16(11)25-18-14(17(21)28)8-22-19(26-18)24-13-7-23-27(10-13)9-12-5-6-12/h2-4,7-8,10,12H,5-6,9H2,1H3,(H2,21,28)(H2,22,24,25,26). The summed E-state index contributed by atoms with van der Waals surface area (Å²) in [4.78, 5) is 20.2. The molecule has 3 aromatic rings. The minimum Gasteiger partial charge on any atom is -0.365 e. The molecule has 0 aliphatic heterocycles. The van der Waals surface area contributed by atoms with Crippen molar-refractivity contribution in [2.45, 2.75) is 26.3 Å². The van der Waals surface area contributed by atoms with Crippen molar-refractivity contribution in [2.75, 3.05) is 10.6 Å². The average molecular weight is 381 g/mol. The van der Waals surface area contributed by atoms with E-state index < -0.39 is 11.7 Å². The molecule has 1 aliphatic rings. The monoisotopic (exact) mass is 381 g/mol. The summed E-state index contributed by atoms with van der Waals surface area (Å²) in [5.74, 6) is -0.0834. The van der Waals surface area contributed by atoms with E-state index in [0.717, 1.165) is 12.2 Å². The molecule has 0 unspecified atom stereocenters. The fourth-order valence-electron chi connectivity index (χ4n) is 2.85. The Bertz CT molecular complexity index is 1010. The first-order valence-electron chi connectivity index (χ1n) is 8.98. The van der Waals surface area contributed by atoms with Gasteiger partial charge in [0.15, 0.2) is 0 Å². The zero-order chi connectivity index (χ0) is 19.7. The minimum atomic E-state index is -0.708. The Labute approximate surface area is 161 Å². The van der Waals surface area contributed by atoms with Gasteiger partial charge in [-0.15, -0.1) is 0 Å². The van der Waals surface area contributed by atoms with Gasteiger partial charge < -0.3 is 16.4 Å². The smallest absolute Gasteiger partial charge is 0.254 e. The molecule has 0 bridgehead atoms. The van der Waals surface area contributed by atoms with Crippen molar-refractivity contribution in [3.05, 3.63) is 53.7 Å². The molecule has 1 amide bonds. The number of primary amides is 1. The summed E-state index contributed by atoms with van der Waals surface area (Å²) in [5, 5.41) is 10.2. The quantitative estimate of drug-likeness (QED) is 0.580. The number of nitrogens with one attached hydrogen (secondary N) is 2. The lowest BCUT2D eigenvalue weighted by Crippen LogP contribution is -2.16. The molecular formula is C19H20FN7O. The van der Waals surface area contributed by atoms with Crippen molar-refractivity contribution in [3.8, 4) is 0 Å². The van der Waals surface area contributed by atoms with Crippen LogP contribution in [0.15, 0.2) is 36.8 Å². The van der Waals surface area contributed by atoms with Gasteiger partial charge in [-0.25, -0.2) is 9.37 Å². The molecule has 1 aromatic carbocycles. The van der Waals surface area contributed by atoms with Gasteiger partial charge in [-0.2, -0.15) is 10.1 Å². The zero-order valence-electron chi connectivity index (χ0n) is 15.3. The van der Waals surface area contributed by atoms with E-state index in [1.54, 1.807) is 25.3 Å². The number of halogens is 1. The second-order valence-corrected chi connectivity index (χ2v) is 6.90. The van der Waals surface area contributed by atoms with Crippen LogP contribution in [0.4, 0.5) is 27.5 Å². The molecule has 1 saturated carbocycles. The van der Waals surface area contributed by atoms with Crippen LogP contribution in [-0.2, 0) is 6.54 Å². The lowest BCUT2D eigenvalue weighted by Gasteiger charge is -2.13. The number of hydrogen-bond donors (Lipinski definition) is 3. The van der Waals surface area contributed by atoms with E-state index in [9.17, 15) is 9.18 Å². The fourth-order valence-corrected chi connectivity index (χ4v) is 2.85. The number of carbonyl (C=O) groups excluding carboxylic acids is 1. The van der Waals surface area contributed by atoms with Gasteiger partial charge in [-0.05, 0) is 37.3 Å². The molecule has 1 aliphatic carbocycles. The number of nitrogens with two attached hydrogens (primary N) is 1. The predicted molar refractivity (Wildman–Crippen MR) is 103 cm³/mol. The average Bonchev–Trinajstić information content (AvgIpc) is 3.36. The zero-order valence-corrected chi connectivity index (χ0v) is 15.3. The van der Waals surface area contributed by atoms with Crippen LogP contribution in [0, 0.1) is 18.7 Å². The van der Waals surface area contributed by atoms with Crippen LogP contribution in [0.1, 0.15) is 28.8 Å². The normalized spacial score (nSPS) is 13.4. The number of aromatic nitrogens is 4. The fraction of sp³-hybridized carbons (Fsp3) is 0.263. The summed E-state index contributed by atoms with van der Waals surface area (Å²) in [6, 6.07) is 4.69. The van der Waals surface area contributed by atoms with Crippen molar-refractivity contribution >= 4 is 29.0 Å². The molecule has 2 heterocycles. The number of anilines is 4. The molecule has 0 saturated heterocycles. The molecule has 8 nitrogen and oxygen atoms in total. The summed E-state index contributed by atoms with van der Waals surface area (Å²) >= 11 is 0. The van der Waals surface area contributed by atoms with E-state index in [4.69, 9.17) is 5.73 Å². The van der Waals surface area contributed by atoms with E-state index in [1.165, 1.54) is 25.1 Å². The highest BCUT2D eigenvalue weighted by molar-refractivity contribution is 5.98. The Morgan fingerprint density at radius 1 is 1.32 bits per heavy atom. The van der Waals surface area contributed by atoms with E-state index >= 15 is 0 Å². The molecule has 0 spiro atoms. The van der Waals surface area contributed by atoms with Gasteiger partial charge in [0.2, 0.25) is 5.95 Å². The number of amides is 1. The van der Waals surface area contributed by atoms with Gasteiger partial charge in [0.25, 0.3) is 5.91 Å². The summed E-state index contributed by atoms with van der Waals surface area (Å²) < 4.78 is 16.1. The Kier molecular flexibility index (Phi) is 4.64. The second kappa shape index (κ2) is 7.26. The third-order valence-electron chi connectivity index (χ3n) is 4.55. The van der Waals surface area contributed by atoms with E-state index in [0.29, 0.717) is 11.5 Å². The summed E-state index contributed by atoms with van der Waals surface area (Å²) in [6.07, 6.45) is 7.35. The van der Waals surface area contributed by atoms with Crippen LogP contribution < -0.4 is 16.4 Å². The largest absolute Gasteiger partial charge is 0.365 e. The third-order valence-corrected chi connectivity index (χ3v) is 4.55. The number of hydrogen-bond acceptors (Lipinski definition) is 6. The maximum absolute atomic E-state index is 14.2. The molecule has 4 N–H and O–H groups in total. The molecule has 28 heavy (non-hydrogen) atoms. The molecule has 0 radical (unpaired) electrons. The molecule has 0 atom stereocenters. The number of benzene rings is 1. The van der Waals surface area contributed by atoms with Gasteiger partial charge in [-0.1, -0.05) is 12.1 Å². The molecule has 2 aromatic heterocycles. The first kappa shape index (κ1) is 17.9. The number of rotatable bonds is 7. The molecule has 4 rings (SSSR count). The molecule has 144 valence electrons. The van der Waals surface area contributed by atoms with Crippen LogP contribution in [0.3, 0.4) is 0 Å². The number of carbonyl (C=O) groups is 1. The molecular weight excluding hydrogens is 361 g/mol. The number of nitrogens with zero attached hydrogens (tertiary/aromatic N) is 4. The van der Waals surface area contributed by atoms with Crippen LogP contribution in [0.5, 0.6) is 0 Å². The second-order valence-electron chi connectivity index (χ2n) is 6.90. The Morgan fingerprint density at radius 2 is 2.14 bits per heavy atom. The van der Waals surface area contributed by atoms with Crippen molar-refractivity contribution in [1.82, 2.24) is 19.7 Å². The first-order chi connectivity index (χ1) is 13.5. The highest BCUT2D eigenvalue weighted by Gasteiger charge is 2.22. The summed E-state index contributed by atoms with van der Waals surface area (Å²) in [6.45, 7) is 2.65. The van der Waals surface area contributed by atoms with Crippen LogP contribution >= 0.6 is 0 Å². The first-order valence-corrected chi connectivity index (χ1v) is 8.98. The third kappa shape index (κ3) is 3.93. The van der Waals surface area contributed by atoms with E-state index in [-0.39, 0.29) is 23.0 Å². The van der Waals surface area contributed by atoms with Crippen LogP contribution in [0.2, 0.25) is 0 Å². The van der Waals surface area contributed by atoms with Gasteiger partial charge >= 0.3 is 0 Å². The van der Waals surface area contributed by atoms with Gasteiger partial charge in [0, 0.05) is 18.9 Å². The highest BCUT2D eigenvalue weighted by atomic mass is 19.1. The Morgan fingerprint density at radius 3 is 2.86 bits per heavy atom. The van der Waals surface area contributed by atoms with Gasteiger partial charge in [0.1, 0.15) is 17.2 Å². The summed E-state index contributed by atoms with van der Waals surface area (Å²) in [5.41, 5.74) is 7.11.